The Morgan fingerprint density at radius 2 is 1.53 bits per heavy atom. The monoisotopic (exact) mass is 248 g/mol. The molecule has 0 aliphatic carbocycles. The Hall–Kier alpha value is -1.07. The van der Waals surface area contributed by atoms with E-state index in [2.05, 4.69) is 0 Å². The summed E-state index contributed by atoms with van der Waals surface area (Å²) >= 11 is 0. The van der Waals surface area contributed by atoms with Gasteiger partial charge in [0.15, 0.2) is 17.5 Å². The van der Waals surface area contributed by atoms with Crippen LogP contribution in [0.2, 0.25) is 0 Å². The maximum absolute atomic E-state index is 13.4. The van der Waals surface area contributed by atoms with Gasteiger partial charge in [-0.2, -0.15) is 0 Å². The zero-order chi connectivity index (χ0) is 13.4. The predicted molar refractivity (Wildman–Crippen MR) is 56.7 cm³/mol. The number of aliphatic hydroxyl groups excluding tert-OH is 2. The lowest BCUT2D eigenvalue weighted by atomic mass is 9.83. The fraction of sp³-hybridized carbons (Fsp3) is 0.500. The van der Waals surface area contributed by atoms with Crippen LogP contribution in [0, 0.1) is 22.9 Å². The lowest BCUT2D eigenvalue weighted by molar-refractivity contribution is -0.0475. The van der Waals surface area contributed by atoms with E-state index in [1.165, 1.54) is 0 Å². The van der Waals surface area contributed by atoms with Gasteiger partial charge in [-0.15, -0.1) is 0 Å². The van der Waals surface area contributed by atoms with Crippen LogP contribution in [0.5, 0.6) is 0 Å². The highest BCUT2D eigenvalue weighted by atomic mass is 19.2. The first-order valence-corrected chi connectivity index (χ1v) is 5.15. The molecule has 0 amide bonds. The fourth-order valence-electron chi connectivity index (χ4n) is 1.41. The largest absolute Gasteiger partial charge is 0.390 e. The lowest BCUT2D eigenvalue weighted by Crippen LogP contribution is -2.33. The van der Waals surface area contributed by atoms with Gasteiger partial charge >= 0.3 is 0 Å². The first-order valence-electron chi connectivity index (χ1n) is 5.15. The molecule has 0 aromatic heterocycles. The molecule has 1 aromatic rings. The summed E-state index contributed by atoms with van der Waals surface area (Å²) in [7, 11) is 0. The van der Waals surface area contributed by atoms with Crippen molar-refractivity contribution in [2.24, 2.45) is 5.41 Å². The highest BCUT2D eigenvalue weighted by Crippen LogP contribution is 2.32. The molecule has 2 atom stereocenters. The number of aliphatic hydroxyl groups is 2. The molecule has 2 unspecified atom stereocenters. The molecular formula is C12H15F3O2. The standard InChI is InChI=1S/C12H15F3O2/c1-12(2,3)11(17)10(16)6-4-5-7(13)9(15)8(6)14/h4-5,10-11,16-17H,1-3H3. The number of benzene rings is 1. The van der Waals surface area contributed by atoms with Crippen LogP contribution in [-0.2, 0) is 0 Å². The van der Waals surface area contributed by atoms with Gasteiger partial charge in [-0.3, -0.25) is 0 Å². The summed E-state index contributed by atoms with van der Waals surface area (Å²) in [5.41, 5.74) is -1.16. The third-order valence-electron chi connectivity index (χ3n) is 2.57. The minimum Gasteiger partial charge on any atom is -0.390 e. The van der Waals surface area contributed by atoms with Crippen molar-refractivity contribution in [3.63, 3.8) is 0 Å². The molecule has 0 aliphatic heterocycles. The maximum atomic E-state index is 13.4. The highest BCUT2D eigenvalue weighted by molar-refractivity contribution is 5.23. The van der Waals surface area contributed by atoms with E-state index in [1.807, 2.05) is 0 Å². The van der Waals surface area contributed by atoms with Crippen LogP contribution in [0.4, 0.5) is 13.2 Å². The summed E-state index contributed by atoms with van der Waals surface area (Å²) in [6.45, 7) is 4.91. The Morgan fingerprint density at radius 3 is 2.00 bits per heavy atom. The Labute approximate surface area is 97.7 Å². The van der Waals surface area contributed by atoms with Crippen LogP contribution >= 0.6 is 0 Å². The van der Waals surface area contributed by atoms with Crippen molar-refractivity contribution in [1.29, 1.82) is 0 Å². The molecule has 0 heterocycles. The summed E-state index contributed by atoms with van der Waals surface area (Å²) in [6.07, 6.45) is -2.90. The highest BCUT2D eigenvalue weighted by Gasteiger charge is 2.32. The van der Waals surface area contributed by atoms with Gasteiger partial charge in [-0.05, 0) is 11.5 Å². The number of rotatable bonds is 2. The molecule has 0 saturated carbocycles. The normalized spacial score (nSPS) is 15.8. The molecule has 96 valence electrons. The minimum atomic E-state index is -1.65. The van der Waals surface area contributed by atoms with Crippen molar-refractivity contribution in [3.05, 3.63) is 35.1 Å². The molecule has 2 N–H and O–H groups in total. The molecule has 0 fully saturated rings. The van der Waals surface area contributed by atoms with Crippen molar-refractivity contribution in [2.45, 2.75) is 33.0 Å². The minimum absolute atomic E-state index is 0.452. The van der Waals surface area contributed by atoms with Gasteiger partial charge in [-0.25, -0.2) is 13.2 Å². The Morgan fingerprint density at radius 1 is 1.00 bits per heavy atom. The van der Waals surface area contributed by atoms with E-state index >= 15 is 0 Å². The van der Waals surface area contributed by atoms with Gasteiger partial charge in [0.25, 0.3) is 0 Å². The SMILES string of the molecule is CC(C)(C)C(O)C(O)c1ccc(F)c(F)c1F. The van der Waals surface area contributed by atoms with Crippen LogP contribution in [0.3, 0.4) is 0 Å². The van der Waals surface area contributed by atoms with E-state index in [9.17, 15) is 23.4 Å². The quantitative estimate of drug-likeness (QED) is 0.790. The average molecular weight is 248 g/mol. The fourth-order valence-corrected chi connectivity index (χ4v) is 1.41. The van der Waals surface area contributed by atoms with E-state index < -0.39 is 40.6 Å². The lowest BCUT2D eigenvalue weighted by Gasteiger charge is -2.30. The molecule has 1 rings (SSSR count). The van der Waals surface area contributed by atoms with Crippen LogP contribution in [0.15, 0.2) is 12.1 Å². The molecule has 0 saturated heterocycles. The Bertz CT molecular complexity index is 413. The molecular weight excluding hydrogens is 233 g/mol. The van der Waals surface area contributed by atoms with Gasteiger partial charge < -0.3 is 10.2 Å². The summed E-state index contributed by atoms with van der Waals surface area (Å²) in [6, 6.07) is 1.64. The van der Waals surface area contributed by atoms with Crippen LogP contribution < -0.4 is 0 Å². The summed E-state index contributed by atoms with van der Waals surface area (Å²) in [5, 5.41) is 19.5. The van der Waals surface area contributed by atoms with Gasteiger partial charge in [0, 0.05) is 5.56 Å². The molecule has 5 heteroatoms. The Kier molecular flexibility index (Phi) is 3.84. The third-order valence-corrected chi connectivity index (χ3v) is 2.57. The van der Waals surface area contributed by atoms with Crippen LogP contribution in [-0.4, -0.2) is 16.3 Å². The zero-order valence-corrected chi connectivity index (χ0v) is 9.84. The van der Waals surface area contributed by atoms with E-state index in [0.29, 0.717) is 6.07 Å². The summed E-state index contributed by atoms with van der Waals surface area (Å²) in [4.78, 5) is 0. The second-order valence-electron chi connectivity index (χ2n) is 5.02. The molecule has 0 spiro atoms. The topological polar surface area (TPSA) is 40.5 Å². The molecule has 0 aliphatic rings. The van der Waals surface area contributed by atoms with Crippen LogP contribution in [0.1, 0.15) is 32.4 Å². The van der Waals surface area contributed by atoms with Gasteiger partial charge in [0.05, 0.1) is 6.10 Å². The molecule has 2 nitrogen and oxygen atoms in total. The molecule has 17 heavy (non-hydrogen) atoms. The molecule has 0 radical (unpaired) electrons. The predicted octanol–water partition coefficient (Wildman–Crippen LogP) is 2.54. The molecule has 1 aromatic carbocycles. The number of halogens is 3. The van der Waals surface area contributed by atoms with E-state index in [1.54, 1.807) is 20.8 Å². The first kappa shape index (κ1) is 14.0. The summed E-state index contributed by atoms with van der Waals surface area (Å²) < 4.78 is 39.0. The van der Waals surface area contributed by atoms with E-state index in [4.69, 9.17) is 0 Å². The maximum Gasteiger partial charge on any atom is 0.194 e. The van der Waals surface area contributed by atoms with Crippen molar-refractivity contribution in [3.8, 4) is 0 Å². The zero-order valence-electron chi connectivity index (χ0n) is 9.84. The van der Waals surface area contributed by atoms with Crippen molar-refractivity contribution in [2.75, 3.05) is 0 Å². The first-order chi connectivity index (χ1) is 7.66. The van der Waals surface area contributed by atoms with Crippen LogP contribution in [0.25, 0.3) is 0 Å². The Balaban J connectivity index is 3.14. The average Bonchev–Trinajstić information content (AvgIpc) is 2.23. The second kappa shape index (κ2) is 4.66. The van der Waals surface area contributed by atoms with Gasteiger partial charge in [0.1, 0.15) is 6.10 Å². The van der Waals surface area contributed by atoms with E-state index in [0.717, 1.165) is 6.07 Å². The van der Waals surface area contributed by atoms with E-state index in [-0.39, 0.29) is 0 Å². The molecule has 0 bridgehead atoms. The number of hydrogen-bond acceptors (Lipinski definition) is 2. The van der Waals surface area contributed by atoms with Crippen molar-refractivity contribution in [1.82, 2.24) is 0 Å². The van der Waals surface area contributed by atoms with Crippen molar-refractivity contribution < 1.29 is 23.4 Å². The third kappa shape index (κ3) is 2.79. The summed E-state index contributed by atoms with van der Waals surface area (Å²) in [5.74, 6) is -4.45. The smallest absolute Gasteiger partial charge is 0.194 e. The van der Waals surface area contributed by atoms with Crippen molar-refractivity contribution >= 4 is 0 Å². The van der Waals surface area contributed by atoms with Gasteiger partial charge in [-0.1, -0.05) is 26.8 Å². The van der Waals surface area contributed by atoms with Gasteiger partial charge in [0.2, 0.25) is 0 Å². The second-order valence-corrected chi connectivity index (χ2v) is 5.02. The number of hydrogen-bond donors (Lipinski definition) is 2.